The van der Waals surface area contributed by atoms with E-state index in [1.54, 1.807) is 6.07 Å². The van der Waals surface area contributed by atoms with Crippen molar-refractivity contribution in [2.75, 3.05) is 35.8 Å². The second kappa shape index (κ2) is 13.8. The number of urea groups is 1. The summed E-state index contributed by atoms with van der Waals surface area (Å²) in [5, 5.41) is 25.1. The van der Waals surface area contributed by atoms with Crippen molar-refractivity contribution in [3.8, 4) is 0 Å². The van der Waals surface area contributed by atoms with Crippen LogP contribution in [0, 0.1) is 11.7 Å². The van der Waals surface area contributed by atoms with E-state index < -0.39 is 23.7 Å². The van der Waals surface area contributed by atoms with Crippen molar-refractivity contribution in [2.24, 2.45) is 5.92 Å². The van der Waals surface area contributed by atoms with Crippen LogP contribution in [0.2, 0.25) is 5.02 Å². The summed E-state index contributed by atoms with van der Waals surface area (Å²) in [5.74, 6) is -1.72. The Balaban J connectivity index is 1.99. The molecule has 3 rings (SSSR count). The summed E-state index contributed by atoms with van der Waals surface area (Å²) in [6.45, 7) is 5.15. The molecule has 0 aliphatic heterocycles. The van der Waals surface area contributed by atoms with Crippen LogP contribution < -0.4 is 15.5 Å². The van der Waals surface area contributed by atoms with Crippen molar-refractivity contribution in [2.45, 2.75) is 64.0 Å². The number of ether oxygens (including phenoxy) is 1. The molecule has 38 heavy (non-hydrogen) atoms. The topological polar surface area (TPSA) is 111 Å². The molecule has 1 fully saturated rings. The number of rotatable bonds is 11. The average Bonchev–Trinajstić information content (AvgIpc) is 2.84. The smallest absolute Gasteiger partial charge is 0.323 e. The molecule has 1 saturated carbocycles. The molecule has 2 aromatic carbocycles. The Kier molecular flexibility index (Phi) is 10.8. The van der Waals surface area contributed by atoms with E-state index in [-0.39, 0.29) is 35.9 Å². The van der Waals surface area contributed by atoms with E-state index in [9.17, 15) is 24.2 Å². The predicted octanol–water partition coefficient (Wildman–Crippen LogP) is 6.09. The van der Waals surface area contributed by atoms with Gasteiger partial charge in [0, 0.05) is 30.6 Å². The number of hydrogen-bond donors (Lipinski definition) is 4. The summed E-state index contributed by atoms with van der Waals surface area (Å²) >= 11 is 5.83. The lowest BCUT2D eigenvalue weighted by Crippen LogP contribution is -2.41. The molecule has 1 aliphatic rings. The standard InChI is InChI=1S/C28H37ClFN3O5/c1-17(2)15-33(21-6-8-22(34)9-7-21)26-11-4-18(19(16-38-3)13-27(35)36)12-25(26)32-28(37)31-24-10-5-20(29)14-23(24)30/h4-5,10-12,14,17,19,21-22,34H,6-9,13,15-16H2,1-3H3,(H,35,36)(H2,31,32,37). The van der Waals surface area contributed by atoms with Crippen LogP contribution >= 0.6 is 11.6 Å². The Morgan fingerprint density at radius 1 is 1.11 bits per heavy atom. The van der Waals surface area contributed by atoms with E-state index in [1.807, 2.05) is 12.1 Å². The lowest BCUT2D eigenvalue weighted by atomic mass is 9.90. The molecule has 1 atom stereocenters. The number of aliphatic carboxylic acids is 1. The number of nitrogens with one attached hydrogen (secondary N) is 2. The third-order valence-corrected chi connectivity index (χ3v) is 6.92. The normalized spacial score (nSPS) is 18.2. The molecule has 10 heteroatoms. The fourth-order valence-electron chi connectivity index (χ4n) is 4.92. The summed E-state index contributed by atoms with van der Waals surface area (Å²) in [4.78, 5) is 26.8. The van der Waals surface area contributed by atoms with Crippen molar-refractivity contribution in [1.29, 1.82) is 0 Å². The summed E-state index contributed by atoms with van der Waals surface area (Å²) < 4.78 is 19.6. The largest absolute Gasteiger partial charge is 0.481 e. The van der Waals surface area contributed by atoms with Gasteiger partial charge in [-0.1, -0.05) is 31.5 Å². The molecule has 0 radical (unpaired) electrons. The summed E-state index contributed by atoms with van der Waals surface area (Å²) in [6.07, 6.45) is 2.57. The number of carbonyl (C=O) groups is 2. The first-order chi connectivity index (χ1) is 18.1. The Bertz CT molecular complexity index is 1110. The van der Waals surface area contributed by atoms with Gasteiger partial charge >= 0.3 is 12.0 Å². The van der Waals surface area contributed by atoms with Gasteiger partial charge in [0.15, 0.2) is 0 Å². The minimum absolute atomic E-state index is 0.0203. The molecule has 0 bridgehead atoms. The number of carboxylic acids is 1. The first kappa shape index (κ1) is 29.7. The average molecular weight is 550 g/mol. The summed E-state index contributed by atoms with van der Waals surface area (Å²) in [6, 6.07) is 9.04. The van der Waals surface area contributed by atoms with E-state index >= 15 is 0 Å². The van der Waals surface area contributed by atoms with Crippen molar-refractivity contribution in [1.82, 2.24) is 0 Å². The fourth-order valence-corrected chi connectivity index (χ4v) is 5.08. The van der Waals surface area contributed by atoms with Gasteiger partial charge in [-0.2, -0.15) is 0 Å². The van der Waals surface area contributed by atoms with E-state index in [0.717, 1.165) is 31.1 Å². The number of aliphatic hydroxyl groups excluding tert-OH is 1. The van der Waals surface area contributed by atoms with Gasteiger partial charge in [-0.25, -0.2) is 9.18 Å². The Hall–Kier alpha value is -2.88. The zero-order valence-electron chi connectivity index (χ0n) is 22.0. The first-order valence-corrected chi connectivity index (χ1v) is 13.3. The quantitative estimate of drug-likeness (QED) is 0.270. The predicted molar refractivity (Wildman–Crippen MR) is 148 cm³/mol. The number of halogens is 2. The minimum Gasteiger partial charge on any atom is -0.481 e. The molecule has 0 spiro atoms. The van der Waals surface area contributed by atoms with E-state index in [0.29, 0.717) is 30.0 Å². The Morgan fingerprint density at radius 2 is 1.79 bits per heavy atom. The molecule has 0 aromatic heterocycles. The summed E-state index contributed by atoms with van der Waals surface area (Å²) in [7, 11) is 1.51. The zero-order chi connectivity index (χ0) is 27.8. The van der Waals surface area contributed by atoms with Crippen LogP contribution in [0.15, 0.2) is 36.4 Å². The number of benzene rings is 2. The molecular formula is C28H37ClFN3O5. The molecule has 2 amide bonds. The van der Waals surface area contributed by atoms with Crippen molar-refractivity contribution in [3.63, 3.8) is 0 Å². The van der Waals surface area contributed by atoms with Crippen LogP contribution in [0.5, 0.6) is 0 Å². The molecule has 1 aliphatic carbocycles. The highest BCUT2D eigenvalue weighted by Crippen LogP contribution is 2.36. The SMILES string of the molecule is COCC(CC(=O)O)c1ccc(N(CC(C)C)C2CCC(O)CC2)c(NC(=O)Nc2ccc(Cl)cc2F)c1. The number of hydrogen-bond acceptors (Lipinski definition) is 5. The van der Waals surface area contributed by atoms with E-state index in [1.165, 1.54) is 19.2 Å². The minimum atomic E-state index is -0.955. The molecule has 0 saturated heterocycles. The zero-order valence-corrected chi connectivity index (χ0v) is 22.8. The number of carboxylic acid groups (broad SMARTS) is 1. The number of anilines is 3. The molecular weight excluding hydrogens is 513 g/mol. The molecule has 0 heterocycles. The van der Waals surface area contributed by atoms with Gasteiger partial charge in [0.1, 0.15) is 5.82 Å². The lowest BCUT2D eigenvalue weighted by molar-refractivity contribution is -0.137. The maximum atomic E-state index is 14.3. The number of aliphatic hydroxyl groups is 1. The second-order valence-electron chi connectivity index (χ2n) is 10.2. The first-order valence-electron chi connectivity index (χ1n) is 12.9. The van der Waals surface area contributed by atoms with E-state index in [2.05, 4.69) is 29.4 Å². The van der Waals surface area contributed by atoms with Crippen LogP contribution in [-0.2, 0) is 9.53 Å². The van der Waals surface area contributed by atoms with E-state index in [4.69, 9.17) is 16.3 Å². The van der Waals surface area contributed by atoms with Crippen molar-refractivity contribution < 1.29 is 28.9 Å². The van der Waals surface area contributed by atoms with Crippen LogP contribution in [0.3, 0.4) is 0 Å². The highest BCUT2D eigenvalue weighted by Gasteiger charge is 2.28. The maximum Gasteiger partial charge on any atom is 0.323 e. The fraction of sp³-hybridized carbons (Fsp3) is 0.500. The number of methoxy groups -OCH3 is 1. The molecule has 2 aromatic rings. The molecule has 208 valence electrons. The summed E-state index contributed by atoms with van der Waals surface area (Å²) in [5.41, 5.74) is 1.94. The molecule has 1 unspecified atom stereocenters. The van der Waals surface area contributed by atoms with Crippen molar-refractivity contribution in [3.05, 3.63) is 52.8 Å². The van der Waals surface area contributed by atoms with Gasteiger partial charge in [-0.15, -0.1) is 0 Å². The van der Waals surface area contributed by atoms with Gasteiger partial charge in [-0.05, 0) is 67.5 Å². The van der Waals surface area contributed by atoms with Crippen molar-refractivity contribution >= 4 is 40.7 Å². The third-order valence-electron chi connectivity index (χ3n) is 6.69. The molecule has 4 N–H and O–H groups in total. The highest BCUT2D eigenvalue weighted by atomic mass is 35.5. The Morgan fingerprint density at radius 3 is 2.39 bits per heavy atom. The number of amides is 2. The van der Waals surface area contributed by atoms with Crippen LogP contribution in [0.4, 0.5) is 26.2 Å². The van der Waals surface area contributed by atoms with Gasteiger partial charge < -0.3 is 30.5 Å². The lowest BCUT2D eigenvalue weighted by Gasteiger charge is -2.39. The van der Waals surface area contributed by atoms with Crippen LogP contribution in [-0.4, -0.2) is 54.6 Å². The van der Waals surface area contributed by atoms with Crippen LogP contribution in [0.25, 0.3) is 0 Å². The maximum absolute atomic E-state index is 14.3. The van der Waals surface area contributed by atoms with Gasteiger partial charge in [-0.3, -0.25) is 4.79 Å². The molecule has 8 nitrogen and oxygen atoms in total. The van der Waals surface area contributed by atoms with Gasteiger partial charge in [0.2, 0.25) is 0 Å². The van der Waals surface area contributed by atoms with Gasteiger partial charge in [0.25, 0.3) is 0 Å². The number of nitrogens with zero attached hydrogens (tertiary/aromatic N) is 1. The monoisotopic (exact) mass is 549 g/mol. The number of carbonyl (C=O) groups excluding carboxylic acids is 1. The van der Waals surface area contributed by atoms with Gasteiger partial charge in [0.05, 0.1) is 36.2 Å². The van der Waals surface area contributed by atoms with Crippen LogP contribution in [0.1, 0.15) is 57.4 Å². The third kappa shape index (κ3) is 8.31. The Labute approximate surface area is 228 Å². The second-order valence-corrected chi connectivity index (χ2v) is 10.7. The highest BCUT2D eigenvalue weighted by molar-refractivity contribution is 6.30.